The van der Waals surface area contributed by atoms with Crippen LogP contribution in [0.3, 0.4) is 0 Å². The van der Waals surface area contributed by atoms with Crippen molar-refractivity contribution in [1.82, 2.24) is 10.2 Å². The number of rotatable bonds is 5. The fourth-order valence-corrected chi connectivity index (χ4v) is 2.40. The molecule has 1 aliphatic heterocycles. The van der Waals surface area contributed by atoms with E-state index in [-0.39, 0.29) is 0 Å². The third kappa shape index (κ3) is 3.44. The lowest BCUT2D eigenvalue weighted by Crippen LogP contribution is -2.52. The molecule has 1 N–H and O–H groups in total. The van der Waals surface area contributed by atoms with E-state index in [1.54, 1.807) is 0 Å². The first-order chi connectivity index (χ1) is 7.75. The molecule has 2 aliphatic rings. The number of ether oxygens (including phenoxy) is 1. The van der Waals surface area contributed by atoms with Gasteiger partial charge in [0, 0.05) is 31.7 Å². The number of nitrogens with zero attached hydrogens (tertiary/aromatic N) is 1. The van der Waals surface area contributed by atoms with Crippen LogP contribution in [0.25, 0.3) is 0 Å². The van der Waals surface area contributed by atoms with Crippen molar-refractivity contribution in [2.45, 2.75) is 45.2 Å². The van der Waals surface area contributed by atoms with Crippen molar-refractivity contribution < 1.29 is 4.74 Å². The van der Waals surface area contributed by atoms with E-state index in [0.717, 1.165) is 38.3 Å². The van der Waals surface area contributed by atoms with Gasteiger partial charge in [0.2, 0.25) is 0 Å². The molecular formula is C13H26N2O. The molecule has 1 saturated heterocycles. The Morgan fingerprint density at radius 1 is 1.25 bits per heavy atom. The maximum atomic E-state index is 5.39. The molecule has 16 heavy (non-hydrogen) atoms. The van der Waals surface area contributed by atoms with Gasteiger partial charge in [-0.2, -0.15) is 0 Å². The summed E-state index contributed by atoms with van der Waals surface area (Å²) < 4.78 is 5.39. The minimum absolute atomic E-state index is 0.656. The number of morpholine rings is 1. The van der Waals surface area contributed by atoms with Crippen molar-refractivity contribution in [3.05, 3.63) is 0 Å². The summed E-state index contributed by atoms with van der Waals surface area (Å²) in [4.78, 5) is 2.54. The Kier molecular flexibility index (Phi) is 4.62. The average Bonchev–Trinajstić information content (AvgIpc) is 2.22. The highest BCUT2D eigenvalue weighted by Gasteiger charge is 2.25. The average molecular weight is 226 g/mol. The lowest BCUT2D eigenvalue weighted by atomic mass is 9.90. The zero-order valence-corrected chi connectivity index (χ0v) is 10.7. The Bertz CT molecular complexity index is 198. The smallest absolute Gasteiger partial charge is 0.0594 e. The van der Waals surface area contributed by atoms with Crippen LogP contribution in [0.15, 0.2) is 0 Å². The predicted octanol–water partition coefficient (Wildman–Crippen LogP) is 1.49. The van der Waals surface area contributed by atoms with Crippen molar-refractivity contribution in [1.29, 1.82) is 0 Å². The zero-order valence-electron chi connectivity index (χ0n) is 10.7. The largest absolute Gasteiger partial charge is 0.379 e. The van der Waals surface area contributed by atoms with Crippen LogP contribution in [0.2, 0.25) is 0 Å². The Balaban J connectivity index is 1.76. The van der Waals surface area contributed by atoms with E-state index in [2.05, 4.69) is 24.1 Å². The number of nitrogens with one attached hydrogen (secondary N) is 1. The molecule has 3 heteroatoms. The summed E-state index contributed by atoms with van der Waals surface area (Å²) in [6.07, 6.45) is 4.18. The first kappa shape index (κ1) is 12.3. The third-order valence-electron chi connectivity index (χ3n) is 3.92. The van der Waals surface area contributed by atoms with Gasteiger partial charge >= 0.3 is 0 Å². The molecule has 1 heterocycles. The Morgan fingerprint density at radius 2 is 1.94 bits per heavy atom. The molecule has 0 bridgehead atoms. The van der Waals surface area contributed by atoms with E-state index in [4.69, 9.17) is 4.74 Å². The standard InChI is InChI=1S/C13H26N2O/c1-11(2)13(14-12-4-3-5-12)10-15-6-8-16-9-7-15/h11-14H,3-10H2,1-2H3. The fourth-order valence-electron chi connectivity index (χ4n) is 2.40. The third-order valence-corrected chi connectivity index (χ3v) is 3.92. The summed E-state index contributed by atoms with van der Waals surface area (Å²) in [5, 5.41) is 3.82. The Labute approximate surface area is 99.5 Å². The summed E-state index contributed by atoms with van der Waals surface area (Å²) in [6, 6.07) is 1.46. The van der Waals surface area contributed by atoms with Gasteiger partial charge in [0.1, 0.15) is 0 Å². The van der Waals surface area contributed by atoms with Crippen LogP contribution < -0.4 is 5.32 Å². The molecule has 0 aromatic carbocycles. The van der Waals surface area contributed by atoms with Gasteiger partial charge in [0.05, 0.1) is 13.2 Å². The second kappa shape index (κ2) is 5.99. The minimum Gasteiger partial charge on any atom is -0.379 e. The molecule has 1 aliphatic carbocycles. The maximum absolute atomic E-state index is 5.39. The molecule has 2 rings (SSSR count). The lowest BCUT2D eigenvalue weighted by molar-refractivity contribution is 0.0293. The molecule has 0 aromatic heterocycles. The first-order valence-corrected chi connectivity index (χ1v) is 6.82. The monoisotopic (exact) mass is 226 g/mol. The summed E-state index contributed by atoms with van der Waals surface area (Å²) in [6.45, 7) is 9.89. The quantitative estimate of drug-likeness (QED) is 0.768. The molecule has 0 aromatic rings. The van der Waals surface area contributed by atoms with Gasteiger partial charge in [-0.05, 0) is 18.8 Å². The van der Waals surface area contributed by atoms with Gasteiger partial charge in [-0.15, -0.1) is 0 Å². The van der Waals surface area contributed by atoms with E-state index < -0.39 is 0 Å². The second-order valence-electron chi connectivity index (χ2n) is 5.56. The van der Waals surface area contributed by atoms with Gasteiger partial charge in [-0.1, -0.05) is 20.3 Å². The normalized spacial score (nSPS) is 25.7. The van der Waals surface area contributed by atoms with E-state index in [1.807, 2.05) is 0 Å². The van der Waals surface area contributed by atoms with Crippen LogP contribution in [0.4, 0.5) is 0 Å². The van der Waals surface area contributed by atoms with Crippen LogP contribution in [0.5, 0.6) is 0 Å². The van der Waals surface area contributed by atoms with Gasteiger partial charge in [-0.3, -0.25) is 4.90 Å². The Hall–Kier alpha value is -0.120. The van der Waals surface area contributed by atoms with Crippen LogP contribution in [-0.2, 0) is 4.74 Å². The topological polar surface area (TPSA) is 24.5 Å². The van der Waals surface area contributed by atoms with Crippen LogP contribution in [0.1, 0.15) is 33.1 Å². The molecule has 0 spiro atoms. The molecular weight excluding hydrogens is 200 g/mol. The first-order valence-electron chi connectivity index (χ1n) is 6.82. The second-order valence-corrected chi connectivity index (χ2v) is 5.56. The summed E-state index contributed by atoms with van der Waals surface area (Å²) in [7, 11) is 0. The van der Waals surface area contributed by atoms with E-state index in [9.17, 15) is 0 Å². The minimum atomic E-state index is 0.656. The van der Waals surface area contributed by atoms with E-state index in [1.165, 1.54) is 25.8 Å². The molecule has 1 saturated carbocycles. The maximum Gasteiger partial charge on any atom is 0.0594 e. The van der Waals surface area contributed by atoms with Crippen LogP contribution in [0, 0.1) is 5.92 Å². The molecule has 3 nitrogen and oxygen atoms in total. The van der Waals surface area contributed by atoms with Gasteiger partial charge in [0.25, 0.3) is 0 Å². The molecule has 0 radical (unpaired) electrons. The predicted molar refractivity (Wildman–Crippen MR) is 66.7 cm³/mol. The Morgan fingerprint density at radius 3 is 2.44 bits per heavy atom. The van der Waals surface area contributed by atoms with Crippen molar-refractivity contribution in [3.8, 4) is 0 Å². The highest BCUT2D eigenvalue weighted by atomic mass is 16.5. The highest BCUT2D eigenvalue weighted by Crippen LogP contribution is 2.20. The molecule has 2 fully saturated rings. The van der Waals surface area contributed by atoms with Crippen molar-refractivity contribution in [2.24, 2.45) is 5.92 Å². The molecule has 0 amide bonds. The van der Waals surface area contributed by atoms with Crippen LogP contribution >= 0.6 is 0 Å². The molecule has 1 unspecified atom stereocenters. The van der Waals surface area contributed by atoms with Crippen molar-refractivity contribution in [3.63, 3.8) is 0 Å². The molecule has 94 valence electrons. The van der Waals surface area contributed by atoms with Crippen molar-refractivity contribution >= 4 is 0 Å². The fraction of sp³-hybridized carbons (Fsp3) is 1.00. The van der Waals surface area contributed by atoms with E-state index in [0.29, 0.717) is 6.04 Å². The number of hydrogen-bond acceptors (Lipinski definition) is 3. The summed E-state index contributed by atoms with van der Waals surface area (Å²) >= 11 is 0. The SMILES string of the molecule is CC(C)C(CN1CCOCC1)NC1CCC1. The highest BCUT2D eigenvalue weighted by molar-refractivity contribution is 4.84. The van der Waals surface area contributed by atoms with Crippen LogP contribution in [-0.4, -0.2) is 49.8 Å². The molecule has 1 atom stereocenters. The van der Waals surface area contributed by atoms with Gasteiger partial charge in [-0.25, -0.2) is 0 Å². The van der Waals surface area contributed by atoms with Gasteiger partial charge in [0.15, 0.2) is 0 Å². The van der Waals surface area contributed by atoms with Crippen molar-refractivity contribution in [2.75, 3.05) is 32.8 Å². The summed E-state index contributed by atoms with van der Waals surface area (Å²) in [5.41, 5.74) is 0. The number of hydrogen-bond donors (Lipinski definition) is 1. The summed E-state index contributed by atoms with van der Waals surface area (Å²) in [5.74, 6) is 0.725. The van der Waals surface area contributed by atoms with E-state index >= 15 is 0 Å². The zero-order chi connectivity index (χ0) is 11.4. The lowest BCUT2D eigenvalue weighted by Gasteiger charge is -2.37. The van der Waals surface area contributed by atoms with Gasteiger partial charge < -0.3 is 10.1 Å².